The lowest BCUT2D eigenvalue weighted by Gasteiger charge is -2.12. The van der Waals surface area contributed by atoms with E-state index in [9.17, 15) is 4.79 Å². The summed E-state index contributed by atoms with van der Waals surface area (Å²) in [5.41, 5.74) is 0.749. The molecule has 1 N–H and O–H groups in total. The molecule has 1 atom stereocenters. The van der Waals surface area contributed by atoms with Gasteiger partial charge in [-0.1, -0.05) is 11.6 Å². The molecule has 17 heavy (non-hydrogen) atoms. The minimum Gasteiger partial charge on any atom is -0.482 e. The molecule has 0 saturated carbocycles. The molecule has 0 spiro atoms. The number of hydrogen-bond acceptors (Lipinski definition) is 2. The van der Waals surface area contributed by atoms with Crippen LogP contribution in [0, 0.1) is 0 Å². The fraction of sp³-hybridized carbons (Fsp3) is 0.364. The Hall–Kier alpha value is -0.640. The van der Waals surface area contributed by atoms with Crippen LogP contribution in [0.3, 0.4) is 0 Å². The molecular formula is C11H11Cl3O3. The molecule has 0 fully saturated rings. The average molecular weight is 298 g/mol. The molecule has 0 aliphatic carbocycles. The van der Waals surface area contributed by atoms with Crippen molar-refractivity contribution in [3.63, 3.8) is 0 Å². The van der Waals surface area contributed by atoms with E-state index in [2.05, 4.69) is 0 Å². The maximum Gasteiger partial charge on any atom is 0.341 e. The molecule has 94 valence electrons. The number of halogens is 3. The van der Waals surface area contributed by atoms with Crippen molar-refractivity contribution in [3.05, 3.63) is 28.8 Å². The van der Waals surface area contributed by atoms with Crippen LogP contribution in [-0.4, -0.2) is 28.9 Å². The lowest BCUT2D eigenvalue weighted by atomic mass is 10.1. The van der Waals surface area contributed by atoms with Crippen LogP contribution in [0.25, 0.3) is 0 Å². The van der Waals surface area contributed by atoms with Gasteiger partial charge in [-0.05, 0) is 30.2 Å². The first-order chi connectivity index (χ1) is 8.02. The number of hydrogen-bond donors (Lipinski definition) is 1. The molecule has 0 aliphatic heterocycles. The summed E-state index contributed by atoms with van der Waals surface area (Å²) in [6.07, 6.45) is 0.473. The van der Waals surface area contributed by atoms with Crippen molar-refractivity contribution in [1.82, 2.24) is 0 Å². The van der Waals surface area contributed by atoms with Crippen LogP contribution in [0.1, 0.15) is 5.56 Å². The Morgan fingerprint density at radius 3 is 2.76 bits per heavy atom. The highest BCUT2D eigenvalue weighted by Crippen LogP contribution is 2.25. The van der Waals surface area contributed by atoms with E-state index in [4.69, 9.17) is 44.6 Å². The number of alkyl halides is 2. The van der Waals surface area contributed by atoms with Gasteiger partial charge in [0.2, 0.25) is 0 Å². The zero-order valence-corrected chi connectivity index (χ0v) is 11.1. The lowest BCUT2D eigenvalue weighted by molar-refractivity contribution is -0.139. The predicted molar refractivity (Wildman–Crippen MR) is 68.6 cm³/mol. The van der Waals surface area contributed by atoms with Crippen molar-refractivity contribution >= 4 is 40.8 Å². The van der Waals surface area contributed by atoms with E-state index in [1.54, 1.807) is 18.2 Å². The minimum absolute atomic E-state index is 0.248. The number of rotatable bonds is 6. The van der Waals surface area contributed by atoms with Crippen LogP contribution in [0.5, 0.6) is 5.75 Å². The van der Waals surface area contributed by atoms with Crippen molar-refractivity contribution < 1.29 is 14.6 Å². The molecule has 6 heteroatoms. The third-order valence-electron chi connectivity index (χ3n) is 1.98. The van der Waals surface area contributed by atoms with Gasteiger partial charge in [-0.3, -0.25) is 0 Å². The second kappa shape index (κ2) is 6.94. The van der Waals surface area contributed by atoms with E-state index in [1.807, 2.05) is 0 Å². The molecule has 0 radical (unpaired) electrons. The van der Waals surface area contributed by atoms with Crippen molar-refractivity contribution in [2.45, 2.75) is 11.8 Å². The van der Waals surface area contributed by atoms with Crippen LogP contribution in [0.15, 0.2) is 18.2 Å². The van der Waals surface area contributed by atoms with E-state index in [0.29, 0.717) is 23.1 Å². The SMILES string of the molecule is O=C(O)COc1ccc(Cl)cc1CC(Cl)CCl. The summed E-state index contributed by atoms with van der Waals surface area (Å²) in [6, 6.07) is 4.95. The summed E-state index contributed by atoms with van der Waals surface area (Å²) >= 11 is 17.4. The minimum atomic E-state index is -1.04. The van der Waals surface area contributed by atoms with Crippen molar-refractivity contribution in [2.24, 2.45) is 0 Å². The molecule has 0 aromatic heterocycles. The van der Waals surface area contributed by atoms with Crippen molar-refractivity contribution in [3.8, 4) is 5.75 Å². The number of ether oxygens (including phenoxy) is 1. The molecule has 1 aromatic rings. The highest BCUT2D eigenvalue weighted by molar-refractivity contribution is 6.30. The van der Waals surface area contributed by atoms with E-state index >= 15 is 0 Å². The Balaban J connectivity index is 2.83. The number of carbonyl (C=O) groups is 1. The molecule has 1 rings (SSSR count). The van der Waals surface area contributed by atoms with Crippen LogP contribution in [0.4, 0.5) is 0 Å². The van der Waals surface area contributed by atoms with Crippen LogP contribution < -0.4 is 4.74 Å². The second-order valence-corrected chi connectivity index (χ2v) is 4.75. The summed E-state index contributed by atoms with van der Waals surface area (Å²) in [7, 11) is 0. The Morgan fingerprint density at radius 1 is 1.47 bits per heavy atom. The van der Waals surface area contributed by atoms with E-state index in [-0.39, 0.29) is 5.38 Å². The Bertz CT molecular complexity index is 396. The molecule has 0 aliphatic rings. The normalized spacial score (nSPS) is 12.2. The van der Waals surface area contributed by atoms with Gasteiger partial charge < -0.3 is 9.84 Å². The van der Waals surface area contributed by atoms with Gasteiger partial charge in [-0.25, -0.2) is 4.79 Å². The Labute approximate surface area is 114 Å². The van der Waals surface area contributed by atoms with E-state index in [1.165, 1.54) is 0 Å². The zero-order chi connectivity index (χ0) is 12.8. The molecule has 0 heterocycles. The summed E-state index contributed by atoms with van der Waals surface area (Å²) in [5, 5.41) is 8.84. The Morgan fingerprint density at radius 2 is 2.18 bits per heavy atom. The van der Waals surface area contributed by atoms with Gasteiger partial charge in [0.1, 0.15) is 5.75 Å². The van der Waals surface area contributed by atoms with Gasteiger partial charge in [0.05, 0.1) is 5.38 Å². The van der Waals surface area contributed by atoms with E-state index in [0.717, 1.165) is 5.56 Å². The molecule has 3 nitrogen and oxygen atoms in total. The first-order valence-electron chi connectivity index (χ1n) is 4.86. The molecule has 0 saturated heterocycles. The number of carboxylic acid groups (broad SMARTS) is 1. The number of benzene rings is 1. The van der Waals surface area contributed by atoms with Gasteiger partial charge in [0, 0.05) is 10.9 Å². The average Bonchev–Trinajstić information content (AvgIpc) is 2.27. The monoisotopic (exact) mass is 296 g/mol. The summed E-state index contributed by atoms with van der Waals surface area (Å²) in [6.45, 7) is -0.400. The molecule has 1 aromatic carbocycles. The maximum atomic E-state index is 10.4. The largest absolute Gasteiger partial charge is 0.482 e. The zero-order valence-electron chi connectivity index (χ0n) is 8.83. The topological polar surface area (TPSA) is 46.5 Å². The first kappa shape index (κ1) is 14.4. The second-order valence-electron chi connectivity index (χ2n) is 3.39. The van der Waals surface area contributed by atoms with Crippen LogP contribution in [0.2, 0.25) is 5.02 Å². The van der Waals surface area contributed by atoms with Crippen LogP contribution >= 0.6 is 34.8 Å². The van der Waals surface area contributed by atoms with Gasteiger partial charge in [0.15, 0.2) is 6.61 Å². The van der Waals surface area contributed by atoms with Crippen LogP contribution in [-0.2, 0) is 11.2 Å². The fourth-order valence-corrected chi connectivity index (χ4v) is 1.75. The standard InChI is InChI=1S/C11H11Cl3O3/c12-5-9(14)4-7-3-8(13)1-2-10(7)17-6-11(15)16/h1-3,9H,4-6H2,(H,15,16). The quantitative estimate of drug-likeness (QED) is 0.820. The first-order valence-corrected chi connectivity index (χ1v) is 6.21. The smallest absolute Gasteiger partial charge is 0.341 e. The number of aliphatic carboxylic acids is 1. The molecule has 0 bridgehead atoms. The summed E-state index contributed by atoms with van der Waals surface area (Å²) in [5.74, 6) is -0.273. The highest BCUT2D eigenvalue weighted by atomic mass is 35.5. The van der Waals surface area contributed by atoms with Gasteiger partial charge in [-0.2, -0.15) is 0 Å². The van der Waals surface area contributed by atoms with Crippen molar-refractivity contribution in [1.29, 1.82) is 0 Å². The van der Waals surface area contributed by atoms with Gasteiger partial charge in [-0.15, -0.1) is 23.2 Å². The lowest BCUT2D eigenvalue weighted by Crippen LogP contribution is -2.12. The highest BCUT2D eigenvalue weighted by Gasteiger charge is 2.11. The van der Waals surface area contributed by atoms with E-state index < -0.39 is 12.6 Å². The number of carboxylic acids is 1. The predicted octanol–water partition coefficient (Wildman–Crippen LogP) is 3.19. The van der Waals surface area contributed by atoms with Crippen molar-refractivity contribution in [2.75, 3.05) is 12.5 Å². The molecule has 1 unspecified atom stereocenters. The fourth-order valence-electron chi connectivity index (χ4n) is 1.28. The summed E-state index contributed by atoms with van der Waals surface area (Å²) in [4.78, 5) is 10.4. The molecular weight excluding hydrogens is 286 g/mol. The third kappa shape index (κ3) is 5.02. The Kier molecular flexibility index (Phi) is 5.89. The summed E-state index contributed by atoms with van der Waals surface area (Å²) < 4.78 is 5.14. The van der Waals surface area contributed by atoms with Gasteiger partial charge in [0.25, 0.3) is 0 Å². The maximum absolute atomic E-state index is 10.4. The molecule has 0 amide bonds. The van der Waals surface area contributed by atoms with Gasteiger partial charge >= 0.3 is 5.97 Å². The third-order valence-corrected chi connectivity index (χ3v) is 3.06.